The minimum Gasteiger partial charge on any atom is -0.383 e. The molecule has 7 nitrogen and oxygen atoms in total. The first-order valence-electron chi connectivity index (χ1n) is 10.4. The van der Waals surface area contributed by atoms with Crippen LogP contribution in [-0.2, 0) is 26.1 Å². The smallest absolute Gasteiger partial charge is 0.251 e. The predicted octanol–water partition coefficient (Wildman–Crippen LogP) is 3.67. The fourth-order valence-corrected chi connectivity index (χ4v) is 6.52. The number of amides is 1. The number of carbonyl (C=O) groups excluding carboxylic acids is 1. The standard InChI is InChI=1S/C22H23ClFN3O4S2/c1-31-14-13-27-20-18(24)3-2-4-19(20)32-22(27)25-21(28)15-9-11-26(12-10-15)33(29,30)17-7-5-16(23)6-8-17/h2-8,15H,9-14H2,1H3. The first-order chi connectivity index (χ1) is 15.8. The Bertz CT molecular complexity index is 1330. The molecule has 1 amide bonds. The normalized spacial score (nSPS) is 16.5. The Morgan fingerprint density at radius 3 is 2.58 bits per heavy atom. The third kappa shape index (κ3) is 5.04. The van der Waals surface area contributed by atoms with Gasteiger partial charge in [0.2, 0.25) is 10.0 Å². The van der Waals surface area contributed by atoms with E-state index in [1.807, 2.05) is 0 Å². The molecule has 1 saturated heterocycles. The van der Waals surface area contributed by atoms with E-state index in [4.69, 9.17) is 16.3 Å². The lowest BCUT2D eigenvalue weighted by Crippen LogP contribution is -2.40. The average Bonchev–Trinajstić information content (AvgIpc) is 3.16. The largest absolute Gasteiger partial charge is 0.383 e. The van der Waals surface area contributed by atoms with E-state index in [-0.39, 0.29) is 29.7 Å². The summed E-state index contributed by atoms with van der Waals surface area (Å²) in [6.45, 7) is 1.16. The molecule has 33 heavy (non-hydrogen) atoms. The zero-order chi connectivity index (χ0) is 23.6. The third-order valence-corrected chi connectivity index (χ3v) is 8.84. The lowest BCUT2D eigenvalue weighted by atomic mass is 9.98. The van der Waals surface area contributed by atoms with Gasteiger partial charge in [0.1, 0.15) is 5.82 Å². The van der Waals surface area contributed by atoms with Crippen molar-refractivity contribution in [1.82, 2.24) is 8.87 Å². The fraction of sp³-hybridized carbons (Fsp3) is 0.364. The van der Waals surface area contributed by atoms with Gasteiger partial charge in [0.25, 0.3) is 5.91 Å². The number of halogens is 2. The zero-order valence-corrected chi connectivity index (χ0v) is 20.3. The van der Waals surface area contributed by atoms with Crippen LogP contribution in [0.2, 0.25) is 5.02 Å². The Labute approximate surface area is 200 Å². The molecular weight excluding hydrogens is 489 g/mol. The maximum Gasteiger partial charge on any atom is 0.251 e. The number of ether oxygens (including phenoxy) is 1. The van der Waals surface area contributed by atoms with Gasteiger partial charge in [-0.05, 0) is 49.2 Å². The molecule has 0 N–H and O–H groups in total. The minimum atomic E-state index is -3.65. The van der Waals surface area contributed by atoms with Gasteiger partial charge in [0, 0.05) is 37.7 Å². The molecule has 0 saturated carbocycles. The van der Waals surface area contributed by atoms with Crippen LogP contribution >= 0.6 is 22.9 Å². The van der Waals surface area contributed by atoms with Gasteiger partial charge >= 0.3 is 0 Å². The summed E-state index contributed by atoms with van der Waals surface area (Å²) in [5.41, 5.74) is 0.398. The Balaban J connectivity index is 1.53. The van der Waals surface area contributed by atoms with Crippen molar-refractivity contribution >= 4 is 49.1 Å². The van der Waals surface area contributed by atoms with Crippen molar-refractivity contribution in [2.75, 3.05) is 26.8 Å². The number of aromatic nitrogens is 1. The number of methoxy groups -OCH3 is 1. The fourth-order valence-electron chi connectivity index (χ4n) is 3.85. The summed E-state index contributed by atoms with van der Waals surface area (Å²) in [5.74, 6) is -1.10. The van der Waals surface area contributed by atoms with Gasteiger partial charge in [0.05, 0.1) is 21.7 Å². The second-order valence-corrected chi connectivity index (χ2v) is 11.1. The summed E-state index contributed by atoms with van der Waals surface area (Å²) in [5, 5.41) is 0.462. The van der Waals surface area contributed by atoms with Gasteiger partial charge in [-0.3, -0.25) is 4.79 Å². The van der Waals surface area contributed by atoms with Gasteiger partial charge in [0.15, 0.2) is 4.80 Å². The third-order valence-electron chi connectivity index (χ3n) is 5.63. The van der Waals surface area contributed by atoms with E-state index in [1.165, 1.54) is 46.0 Å². The van der Waals surface area contributed by atoms with Crippen LogP contribution in [0.3, 0.4) is 0 Å². The number of piperidine rings is 1. The highest BCUT2D eigenvalue weighted by Gasteiger charge is 2.32. The predicted molar refractivity (Wildman–Crippen MR) is 125 cm³/mol. The topological polar surface area (TPSA) is 81.0 Å². The molecule has 0 unspecified atom stereocenters. The van der Waals surface area contributed by atoms with Gasteiger partial charge in [-0.15, -0.1) is 0 Å². The van der Waals surface area contributed by atoms with E-state index in [9.17, 15) is 17.6 Å². The highest BCUT2D eigenvalue weighted by atomic mass is 35.5. The van der Waals surface area contributed by atoms with Crippen molar-refractivity contribution in [2.24, 2.45) is 10.9 Å². The second-order valence-electron chi connectivity index (χ2n) is 7.70. The Kier molecular flexibility index (Phi) is 7.30. The van der Waals surface area contributed by atoms with Crippen LogP contribution in [0.1, 0.15) is 12.8 Å². The molecule has 1 aromatic heterocycles. The number of nitrogens with zero attached hydrogens (tertiary/aromatic N) is 3. The van der Waals surface area contributed by atoms with Crippen LogP contribution in [0.4, 0.5) is 4.39 Å². The molecule has 0 atom stereocenters. The average molecular weight is 512 g/mol. The van der Waals surface area contributed by atoms with E-state index in [0.717, 1.165) is 0 Å². The monoisotopic (exact) mass is 511 g/mol. The summed E-state index contributed by atoms with van der Waals surface area (Å²) in [6.07, 6.45) is 0.735. The Hall–Kier alpha value is -2.11. The van der Waals surface area contributed by atoms with Crippen molar-refractivity contribution in [3.8, 4) is 0 Å². The molecule has 3 aromatic rings. The number of hydrogen-bond acceptors (Lipinski definition) is 5. The van der Waals surface area contributed by atoms with E-state index in [2.05, 4.69) is 4.99 Å². The highest BCUT2D eigenvalue weighted by molar-refractivity contribution is 7.89. The summed E-state index contributed by atoms with van der Waals surface area (Å²) in [4.78, 5) is 17.8. The molecule has 4 rings (SSSR count). The molecule has 0 radical (unpaired) electrons. The van der Waals surface area contributed by atoms with Crippen LogP contribution < -0.4 is 4.80 Å². The minimum absolute atomic E-state index is 0.174. The molecular formula is C22H23ClFN3O4S2. The number of sulfonamides is 1. The van der Waals surface area contributed by atoms with Crippen molar-refractivity contribution in [3.05, 3.63) is 58.1 Å². The van der Waals surface area contributed by atoms with Crippen LogP contribution in [0, 0.1) is 11.7 Å². The van der Waals surface area contributed by atoms with Gasteiger partial charge in [-0.25, -0.2) is 12.8 Å². The Morgan fingerprint density at radius 1 is 1.21 bits per heavy atom. The molecule has 176 valence electrons. The molecule has 2 heterocycles. The molecule has 1 aliphatic heterocycles. The summed E-state index contributed by atoms with van der Waals surface area (Å²) < 4.78 is 49.1. The van der Waals surface area contributed by atoms with Gasteiger partial charge < -0.3 is 9.30 Å². The van der Waals surface area contributed by atoms with Crippen molar-refractivity contribution in [1.29, 1.82) is 0 Å². The summed E-state index contributed by atoms with van der Waals surface area (Å²) in [7, 11) is -2.10. The Morgan fingerprint density at radius 2 is 1.91 bits per heavy atom. The number of benzene rings is 2. The van der Waals surface area contributed by atoms with Crippen LogP contribution in [0.25, 0.3) is 10.2 Å². The lowest BCUT2D eigenvalue weighted by Gasteiger charge is -2.29. The molecule has 11 heteroatoms. The second kappa shape index (κ2) is 10.0. The first kappa shape index (κ1) is 24.0. The van der Waals surface area contributed by atoms with Crippen LogP contribution in [0.5, 0.6) is 0 Å². The van der Waals surface area contributed by atoms with Crippen LogP contribution in [-0.4, -0.2) is 50.0 Å². The number of rotatable bonds is 6. The SMILES string of the molecule is COCCn1c(=NC(=O)C2CCN(S(=O)(=O)c3ccc(Cl)cc3)CC2)sc2cccc(F)c21. The van der Waals surface area contributed by atoms with Gasteiger partial charge in [-0.2, -0.15) is 9.30 Å². The maximum absolute atomic E-state index is 14.4. The number of hydrogen-bond donors (Lipinski definition) is 0. The van der Waals surface area contributed by atoms with Crippen molar-refractivity contribution < 1.29 is 22.3 Å². The molecule has 2 aromatic carbocycles. The quantitative estimate of drug-likeness (QED) is 0.505. The van der Waals surface area contributed by atoms with Crippen LogP contribution in [0.15, 0.2) is 52.4 Å². The zero-order valence-electron chi connectivity index (χ0n) is 17.9. The molecule has 0 bridgehead atoms. The molecule has 1 fully saturated rings. The van der Waals surface area contributed by atoms with E-state index in [0.29, 0.717) is 46.0 Å². The summed E-state index contributed by atoms with van der Waals surface area (Å²) in [6, 6.07) is 10.8. The van der Waals surface area contributed by atoms with E-state index >= 15 is 0 Å². The highest BCUT2D eigenvalue weighted by Crippen LogP contribution is 2.26. The molecule has 1 aliphatic rings. The van der Waals surface area contributed by atoms with Gasteiger partial charge in [-0.1, -0.05) is 29.0 Å². The number of fused-ring (bicyclic) bond motifs is 1. The number of carbonyl (C=O) groups is 1. The van der Waals surface area contributed by atoms with Crippen molar-refractivity contribution in [2.45, 2.75) is 24.3 Å². The van der Waals surface area contributed by atoms with E-state index < -0.39 is 15.9 Å². The summed E-state index contributed by atoms with van der Waals surface area (Å²) >= 11 is 7.10. The molecule has 0 spiro atoms. The molecule has 0 aliphatic carbocycles. The first-order valence-corrected chi connectivity index (χ1v) is 13.1. The van der Waals surface area contributed by atoms with E-state index in [1.54, 1.807) is 23.8 Å². The number of thiazole rings is 1. The van der Waals surface area contributed by atoms with Crippen molar-refractivity contribution in [3.63, 3.8) is 0 Å². The maximum atomic E-state index is 14.4. The number of para-hydroxylation sites is 1. The lowest BCUT2D eigenvalue weighted by molar-refractivity contribution is -0.122.